The number of pyridine rings is 1. The molecule has 0 atom stereocenters. The van der Waals surface area contributed by atoms with Crippen molar-refractivity contribution in [3.8, 4) is 10.7 Å². The van der Waals surface area contributed by atoms with Crippen LogP contribution in [0, 0.1) is 0 Å². The number of hydrogen-bond donors (Lipinski definition) is 1. The summed E-state index contributed by atoms with van der Waals surface area (Å²) < 4.78 is 0. The summed E-state index contributed by atoms with van der Waals surface area (Å²) in [6, 6.07) is 5.95. The first-order valence-electron chi connectivity index (χ1n) is 6.34. The van der Waals surface area contributed by atoms with E-state index in [9.17, 15) is 0 Å². The highest BCUT2D eigenvalue weighted by molar-refractivity contribution is 7.15. The molecule has 2 aromatic heterocycles. The van der Waals surface area contributed by atoms with Crippen LogP contribution in [0.5, 0.6) is 0 Å². The van der Waals surface area contributed by atoms with Gasteiger partial charge in [0.25, 0.3) is 0 Å². The maximum absolute atomic E-state index is 4.75. The van der Waals surface area contributed by atoms with Crippen LogP contribution in [0.2, 0.25) is 0 Å². The van der Waals surface area contributed by atoms with Crippen molar-refractivity contribution >= 4 is 11.3 Å². The zero-order chi connectivity index (χ0) is 13.0. The average Bonchev–Trinajstić information content (AvgIpc) is 2.81. The number of thiazole rings is 1. The lowest BCUT2D eigenvalue weighted by atomic mass is 10.1. The minimum atomic E-state index is 0.451. The van der Waals surface area contributed by atoms with Crippen molar-refractivity contribution in [2.75, 3.05) is 6.54 Å². The van der Waals surface area contributed by atoms with Gasteiger partial charge >= 0.3 is 0 Å². The molecule has 0 fully saturated rings. The number of hydrogen-bond acceptors (Lipinski definition) is 4. The summed E-state index contributed by atoms with van der Waals surface area (Å²) in [4.78, 5) is 10.4. The molecule has 0 aromatic carbocycles. The van der Waals surface area contributed by atoms with Crippen molar-refractivity contribution in [3.63, 3.8) is 0 Å². The molecule has 2 heterocycles. The molecule has 0 saturated heterocycles. The number of nitrogens with zero attached hydrogens (tertiary/aromatic N) is 2. The molecule has 0 spiro atoms. The van der Waals surface area contributed by atoms with Gasteiger partial charge in [0.05, 0.1) is 11.4 Å². The van der Waals surface area contributed by atoms with E-state index in [2.05, 4.69) is 31.1 Å². The SMILES string of the molecule is CCNCc1sc(-c2ccccn2)nc1C(C)C. The molecule has 0 radical (unpaired) electrons. The van der Waals surface area contributed by atoms with E-state index in [1.165, 1.54) is 10.6 Å². The van der Waals surface area contributed by atoms with Crippen molar-refractivity contribution in [1.29, 1.82) is 0 Å². The molecule has 0 aliphatic heterocycles. The quantitative estimate of drug-likeness (QED) is 0.896. The third kappa shape index (κ3) is 2.94. The first-order valence-corrected chi connectivity index (χ1v) is 7.15. The van der Waals surface area contributed by atoms with Gasteiger partial charge in [0.2, 0.25) is 0 Å². The Morgan fingerprint density at radius 2 is 2.17 bits per heavy atom. The van der Waals surface area contributed by atoms with Crippen LogP contribution in [0.3, 0.4) is 0 Å². The molecule has 2 rings (SSSR count). The van der Waals surface area contributed by atoms with Gasteiger partial charge in [0.15, 0.2) is 0 Å². The van der Waals surface area contributed by atoms with Gasteiger partial charge in [0, 0.05) is 17.6 Å². The van der Waals surface area contributed by atoms with Gasteiger partial charge in [-0.2, -0.15) is 0 Å². The van der Waals surface area contributed by atoms with E-state index < -0.39 is 0 Å². The third-order valence-electron chi connectivity index (χ3n) is 2.69. The maximum Gasteiger partial charge on any atom is 0.142 e. The van der Waals surface area contributed by atoms with Gasteiger partial charge in [-0.3, -0.25) is 4.98 Å². The second-order valence-corrected chi connectivity index (χ2v) is 5.56. The van der Waals surface area contributed by atoms with Crippen LogP contribution in [-0.2, 0) is 6.54 Å². The zero-order valence-corrected chi connectivity index (χ0v) is 11.9. The summed E-state index contributed by atoms with van der Waals surface area (Å²) in [5.74, 6) is 0.451. The molecular weight excluding hydrogens is 242 g/mol. The Hall–Kier alpha value is -1.26. The fourth-order valence-corrected chi connectivity index (χ4v) is 2.94. The molecule has 1 N–H and O–H groups in total. The first kappa shape index (κ1) is 13.2. The van der Waals surface area contributed by atoms with Crippen molar-refractivity contribution in [2.24, 2.45) is 0 Å². The summed E-state index contributed by atoms with van der Waals surface area (Å²) in [6.45, 7) is 8.37. The smallest absolute Gasteiger partial charge is 0.142 e. The lowest BCUT2D eigenvalue weighted by Crippen LogP contribution is -2.12. The van der Waals surface area contributed by atoms with Crippen LogP contribution >= 0.6 is 11.3 Å². The van der Waals surface area contributed by atoms with Gasteiger partial charge in [-0.1, -0.05) is 26.8 Å². The van der Waals surface area contributed by atoms with Gasteiger partial charge in [-0.25, -0.2) is 4.98 Å². The number of rotatable bonds is 5. The Bertz CT molecular complexity index is 491. The van der Waals surface area contributed by atoms with E-state index in [1.54, 1.807) is 11.3 Å². The van der Waals surface area contributed by atoms with Crippen molar-refractivity contribution < 1.29 is 0 Å². The molecule has 0 aliphatic carbocycles. The number of nitrogens with one attached hydrogen (secondary N) is 1. The lowest BCUT2D eigenvalue weighted by molar-refractivity contribution is 0.714. The highest BCUT2D eigenvalue weighted by atomic mass is 32.1. The molecule has 18 heavy (non-hydrogen) atoms. The van der Waals surface area contributed by atoms with Gasteiger partial charge in [-0.05, 0) is 24.6 Å². The molecular formula is C14H19N3S. The molecule has 96 valence electrons. The van der Waals surface area contributed by atoms with Crippen LogP contribution < -0.4 is 5.32 Å². The van der Waals surface area contributed by atoms with Crippen molar-refractivity contribution in [2.45, 2.75) is 33.2 Å². The largest absolute Gasteiger partial charge is 0.312 e. The third-order valence-corrected chi connectivity index (χ3v) is 3.79. The summed E-state index contributed by atoms with van der Waals surface area (Å²) >= 11 is 1.74. The molecule has 0 saturated carbocycles. The Kier molecular flexibility index (Phi) is 4.44. The summed E-state index contributed by atoms with van der Waals surface area (Å²) in [7, 11) is 0. The van der Waals surface area contributed by atoms with E-state index in [-0.39, 0.29) is 0 Å². The van der Waals surface area contributed by atoms with Crippen molar-refractivity contribution in [3.05, 3.63) is 35.0 Å². The van der Waals surface area contributed by atoms with Crippen LogP contribution in [0.4, 0.5) is 0 Å². The van der Waals surface area contributed by atoms with E-state index in [0.717, 1.165) is 23.8 Å². The Balaban J connectivity index is 2.33. The van der Waals surface area contributed by atoms with Crippen LogP contribution in [0.15, 0.2) is 24.4 Å². The highest BCUT2D eigenvalue weighted by Crippen LogP contribution is 2.30. The fraction of sp³-hybridized carbons (Fsp3) is 0.429. The lowest BCUT2D eigenvalue weighted by Gasteiger charge is -2.04. The Labute approximate surface area is 112 Å². The Morgan fingerprint density at radius 3 is 2.78 bits per heavy atom. The fourth-order valence-electron chi connectivity index (χ4n) is 1.78. The molecule has 0 amide bonds. The van der Waals surface area contributed by atoms with Gasteiger partial charge < -0.3 is 5.32 Å². The minimum Gasteiger partial charge on any atom is -0.312 e. The molecule has 4 heteroatoms. The second-order valence-electron chi connectivity index (χ2n) is 4.48. The Morgan fingerprint density at radius 1 is 1.33 bits per heavy atom. The monoisotopic (exact) mass is 261 g/mol. The second kappa shape index (κ2) is 6.07. The van der Waals surface area contributed by atoms with Crippen LogP contribution in [0.25, 0.3) is 10.7 Å². The van der Waals surface area contributed by atoms with E-state index in [0.29, 0.717) is 5.92 Å². The predicted octanol–water partition coefficient (Wildman–Crippen LogP) is 3.44. The van der Waals surface area contributed by atoms with Crippen LogP contribution in [-0.4, -0.2) is 16.5 Å². The number of aromatic nitrogens is 2. The standard InChI is InChI=1S/C14H19N3S/c1-4-15-9-12-13(10(2)3)17-14(18-12)11-7-5-6-8-16-11/h5-8,10,15H,4,9H2,1-3H3. The normalized spacial score (nSPS) is 11.1. The molecule has 0 bridgehead atoms. The van der Waals surface area contributed by atoms with Crippen molar-refractivity contribution in [1.82, 2.24) is 15.3 Å². The molecule has 3 nitrogen and oxygen atoms in total. The highest BCUT2D eigenvalue weighted by Gasteiger charge is 2.15. The molecule has 0 aliphatic rings. The minimum absolute atomic E-state index is 0.451. The summed E-state index contributed by atoms with van der Waals surface area (Å²) in [6.07, 6.45) is 1.82. The maximum atomic E-state index is 4.75. The molecule has 2 aromatic rings. The summed E-state index contributed by atoms with van der Waals surface area (Å²) in [5, 5.41) is 4.40. The average molecular weight is 261 g/mol. The topological polar surface area (TPSA) is 37.8 Å². The van der Waals surface area contributed by atoms with Gasteiger partial charge in [-0.15, -0.1) is 11.3 Å². The summed E-state index contributed by atoms with van der Waals surface area (Å²) in [5.41, 5.74) is 2.16. The zero-order valence-electron chi connectivity index (χ0n) is 11.1. The predicted molar refractivity (Wildman–Crippen MR) is 76.8 cm³/mol. The van der Waals surface area contributed by atoms with Gasteiger partial charge in [0.1, 0.15) is 5.01 Å². The van der Waals surface area contributed by atoms with E-state index in [4.69, 9.17) is 4.98 Å². The van der Waals surface area contributed by atoms with E-state index in [1.807, 2.05) is 24.4 Å². The first-order chi connectivity index (χ1) is 8.72. The van der Waals surface area contributed by atoms with Crippen LogP contribution in [0.1, 0.15) is 37.3 Å². The van der Waals surface area contributed by atoms with E-state index >= 15 is 0 Å². The molecule has 0 unspecified atom stereocenters.